The predicted octanol–water partition coefficient (Wildman–Crippen LogP) is 2.80. The molecule has 126 valence electrons. The van der Waals surface area contributed by atoms with E-state index >= 15 is 0 Å². The number of halogens is 1. The van der Waals surface area contributed by atoms with Gasteiger partial charge in [-0.3, -0.25) is 9.59 Å². The zero-order valence-corrected chi connectivity index (χ0v) is 14.1. The van der Waals surface area contributed by atoms with Gasteiger partial charge < -0.3 is 10.6 Å². The summed E-state index contributed by atoms with van der Waals surface area (Å²) < 4.78 is 13.1. The van der Waals surface area contributed by atoms with Gasteiger partial charge in [-0.2, -0.15) is 0 Å². The minimum absolute atomic E-state index is 0.153. The summed E-state index contributed by atoms with van der Waals surface area (Å²) in [6.07, 6.45) is 0. The number of carbonyl (C=O) groups excluding carboxylic acids is 2. The average molecular weight is 328 g/mol. The molecule has 5 heteroatoms. The maximum Gasteiger partial charge on any atom is 0.251 e. The lowest BCUT2D eigenvalue weighted by molar-refractivity contribution is -0.120. The van der Waals surface area contributed by atoms with E-state index in [-0.39, 0.29) is 18.0 Å². The average Bonchev–Trinajstić information content (AvgIpc) is 2.51. The summed E-state index contributed by atoms with van der Waals surface area (Å²) >= 11 is 0. The summed E-state index contributed by atoms with van der Waals surface area (Å²) in [7, 11) is 0. The SMILES string of the molecule is Cc1cc(C)c(CNC(=O)CNC(=O)c2cccc(F)c2)c(C)c1. The third-order valence-electron chi connectivity index (χ3n) is 3.80. The van der Waals surface area contributed by atoms with Crippen LogP contribution < -0.4 is 10.6 Å². The van der Waals surface area contributed by atoms with E-state index in [0.29, 0.717) is 6.54 Å². The lowest BCUT2D eigenvalue weighted by atomic mass is 10.00. The van der Waals surface area contributed by atoms with E-state index in [4.69, 9.17) is 0 Å². The normalized spacial score (nSPS) is 10.3. The van der Waals surface area contributed by atoms with Gasteiger partial charge in [0, 0.05) is 12.1 Å². The molecular formula is C19H21FN2O2. The Labute approximate surface area is 141 Å². The van der Waals surface area contributed by atoms with E-state index < -0.39 is 11.7 Å². The molecule has 0 saturated carbocycles. The monoisotopic (exact) mass is 328 g/mol. The molecule has 0 heterocycles. The molecule has 2 N–H and O–H groups in total. The Morgan fingerprint density at radius 1 is 1.00 bits per heavy atom. The van der Waals surface area contributed by atoms with Crippen LogP contribution in [0.2, 0.25) is 0 Å². The smallest absolute Gasteiger partial charge is 0.251 e. The molecule has 2 amide bonds. The number of nitrogens with one attached hydrogen (secondary N) is 2. The highest BCUT2D eigenvalue weighted by molar-refractivity contribution is 5.96. The lowest BCUT2D eigenvalue weighted by Gasteiger charge is -2.13. The van der Waals surface area contributed by atoms with Crippen molar-refractivity contribution in [3.63, 3.8) is 0 Å². The molecule has 0 spiro atoms. The third kappa shape index (κ3) is 4.65. The molecule has 0 fully saturated rings. The highest BCUT2D eigenvalue weighted by atomic mass is 19.1. The molecule has 0 aliphatic carbocycles. The summed E-state index contributed by atoms with van der Waals surface area (Å²) in [5, 5.41) is 5.27. The Hall–Kier alpha value is -2.69. The Morgan fingerprint density at radius 2 is 1.67 bits per heavy atom. The van der Waals surface area contributed by atoms with Gasteiger partial charge in [0.05, 0.1) is 6.54 Å². The molecule has 0 saturated heterocycles. The van der Waals surface area contributed by atoms with Gasteiger partial charge in [-0.1, -0.05) is 23.8 Å². The van der Waals surface area contributed by atoms with Crippen molar-refractivity contribution in [2.75, 3.05) is 6.54 Å². The Balaban J connectivity index is 1.87. The Kier molecular flexibility index (Phi) is 5.68. The standard InChI is InChI=1S/C19H21FN2O2/c1-12-7-13(2)17(14(3)8-12)10-21-18(23)11-22-19(24)15-5-4-6-16(20)9-15/h4-9H,10-11H2,1-3H3,(H,21,23)(H,22,24). The first kappa shape index (κ1) is 17.7. The van der Waals surface area contributed by atoms with Crippen molar-refractivity contribution in [2.24, 2.45) is 0 Å². The molecule has 2 aromatic carbocycles. The molecule has 4 nitrogen and oxygen atoms in total. The van der Waals surface area contributed by atoms with Crippen molar-refractivity contribution in [3.8, 4) is 0 Å². The Bertz CT molecular complexity index is 749. The van der Waals surface area contributed by atoms with Crippen LogP contribution in [0.25, 0.3) is 0 Å². The Morgan fingerprint density at radius 3 is 2.29 bits per heavy atom. The maximum absolute atomic E-state index is 13.1. The topological polar surface area (TPSA) is 58.2 Å². The second-order valence-electron chi connectivity index (χ2n) is 5.85. The van der Waals surface area contributed by atoms with Crippen LogP contribution in [0.1, 0.15) is 32.6 Å². The second kappa shape index (κ2) is 7.73. The van der Waals surface area contributed by atoms with Crippen molar-refractivity contribution in [1.29, 1.82) is 0 Å². The van der Waals surface area contributed by atoms with Crippen LogP contribution in [0.4, 0.5) is 4.39 Å². The highest BCUT2D eigenvalue weighted by Crippen LogP contribution is 2.15. The molecule has 24 heavy (non-hydrogen) atoms. The summed E-state index contributed by atoms with van der Waals surface area (Å²) in [5.41, 5.74) is 4.69. The number of hydrogen-bond donors (Lipinski definition) is 2. The van der Waals surface area contributed by atoms with Gasteiger partial charge >= 0.3 is 0 Å². The summed E-state index contributed by atoms with van der Waals surface area (Å²) in [4.78, 5) is 23.8. The first-order valence-electron chi connectivity index (χ1n) is 7.74. The van der Waals surface area contributed by atoms with E-state index in [9.17, 15) is 14.0 Å². The minimum Gasteiger partial charge on any atom is -0.350 e. The quantitative estimate of drug-likeness (QED) is 0.887. The van der Waals surface area contributed by atoms with Crippen molar-refractivity contribution >= 4 is 11.8 Å². The van der Waals surface area contributed by atoms with Gasteiger partial charge in [0.2, 0.25) is 5.91 Å². The lowest BCUT2D eigenvalue weighted by Crippen LogP contribution is -2.36. The minimum atomic E-state index is -0.488. The fraction of sp³-hybridized carbons (Fsp3) is 0.263. The van der Waals surface area contributed by atoms with E-state index in [2.05, 4.69) is 22.8 Å². The van der Waals surface area contributed by atoms with Gasteiger partial charge in [-0.25, -0.2) is 4.39 Å². The van der Waals surface area contributed by atoms with Crippen molar-refractivity contribution in [3.05, 3.63) is 70.0 Å². The van der Waals surface area contributed by atoms with Crippen LogP contribution in [0.3, 0.4) is 0 Å². The summed E-state index contributed by atoms with van der Waals surface area (Å²) in [6, 6.07) is 9.48. The zero-order valence-electron chi connectivity index (χ0n) is 14.1. The van der Waals surface area contributed by atoms with Gasteiger partial charge in [0.1, 0.15) is 5.82 Å². The fourth-order valence-corrected chi connectivity index (χ4v) is 2.63. The number of benzene rings is 2. The molecule has 0 atom stereocenters. The highest BCUT2D eigenvalue weighted by Gasteiger charge is 2.10. The van der Waals surface area contributed by atoms with Crippen molar-refractivity contribution < 1.29 is 14.0 Å². The predicted molar refractivity (Wildman–Crippen MR) is 91.2 cm³/mol. The number of aryl methyl sites for hydroxylation is 3. The first-order valence-corrected chi connectivity index (χ1v) is 7.74. The van der Waals surface area contributed by atoms with Gasteiger partial charge in [-0.15, -0.1) is 0 Å². The van der Waals surface area contributed by atoms with Gasteiger partial charge in [0.15, 0.2) is 0 Å². The van der Waals surface area contributed by atoms with Gasteiger partial charge in [-0.05, 0) is 55.7 Å². The number of hydrogen-bond acceptors (Lipinski definition) is 2. The molecule has 0 aliphatic heterocycles. The van der Waals surface area contributed by atoms with Crippen LogP contribution in [-0.4, -0.2) is 18.4 Å². The van der Waals surface area contributed by atoms with Gasteiger partial charge in [0.25, 0.3) is 5.91 Å². The summed E-state index contributed by atoms with van der Waals surface area (Å²) in [5.74, 6) is -1.26. The number of amides is 2. The molecular weight excluding hydrogens is 307 g/mol. The molecule has 2 aromatic rings. The van der Waals surface area contributed by atoms with Crippen LogP contribution in [0, 0.1) is 26.6 Å². The van der Waals surface area contributed by atoms with Crippen molar-refractivity contribution in [1.82, 2.24) is 10.6 Å². The molecule has 0 aromatic heterocycles. The molecule has 0 radical (unpaired) electrons. The van der Waals surface area contributed by atoms with E-state index in [1.54, 1.807) is 0 Å². The molecule has 0 aliphatic rings. The number of carbonyl (C=O) groups is 2. The first-order chi connectivity index (χ1) is 11.4. The molecule has 2 rings (SSSR count). The second-order valence-corrected chi connectivity index (χ2v) is 5.85. The largest absolute Gasteiger partial charge is 0.350 e. The van der Waals surface area contributed by atoms with E-state index in [1.807, 2.05) is 20.8 Å². The van der Waals surface area contributed by atoms with E-state index in [0.717, 1.165) is 22.8 Å². The molecule has 0 bridgehead atoms. The molecule has 0 unspecified atom stereocenters. The van der Waals surface area contributed by atoms with Crippen LogP contribution in [0.15, 0.2) is 36.4 Å². The van der Waals surface area contributed by atoms with Crippen LogP contribution >= 0.6 is 0 Å². The van der Waals surface area contributed by atoms with E-state index in [1.165, 1.54) is 23.8 Å². The fourth-order valence-electron chi connectivity index (χ4n) is 2.63. The summed E-state index contributed by atoms with van der Waals surface area (Å²) in [6.45, 7) is 6.30. The van der Waals surface area contributed by atoms with Crippen molar-refractivity contribution in [2.45, 2.75) is 27.3 Å². The zero-order chi connectivity index (χ0) is 17.7. The van der Waals surface area contributed by atoms with Crippen LogP contribution in [0.5, 0.6) is 0 Å². The maximum atomic E-state index is 13.1. The third-order valence-corrected chi connectivity index (χ3v) is 3.80. The number of rotatable bonds is 5. The van der Waals surface area contributed by atoms with Crippen LogP contribution in [-0.2, 0) is 11.3 Å².